The van der Waals surface area contributed by atoms with Crippen LogP contribution < -0.4 is 11.5 Å². The average Bonchev–Trinajstić information content (AvgIpc) is 2.93. The molecular weight excluding hydrogens is 258 g/mol. The number of H-pyrrole nitrogens is 1. The number of nitrogens with one attached hydrogen (secondary N) is 1. The normalized spacial score (nSPS) is 11.1. The molecule has 3 N–H and O–H groups in total. The van der Waals surface area contributed by atoms with Gasteiger partial charge in [0, 0.05) is 11.9 Å². The van der Waals surface area contributed by atoms with Gasteiger partial charge in [0.15, 0.2) is 5.58 Å². The van der Waals surface area contributed by atoms with Gasteiger partial charge in [-0.25, -0.2) is 9.36 Å². The molecule has 0 atom stereocenters. The van der Waals surface area contributed by atoms with E-state index < -0.39 is 5.76 Å². The third-order valence-electron chi connectivity index (χ3n) is 3.13. The summed E-state index contributed by atoms with van der Waals surface area (Å²) in [6, 6.07) is 6.79. The number of aromatic amines is 1. The molecule has 6 nitrogen and oxygen atoms in total. The van der Waals surface area contributed by atoms with Crippen molar-refractivity contribution < 1.29 is 9.21 Å². The first-order valence-corrected chi connectivity index (χ1v) is 6.13. The van der Waals surface area contributed by atoms with Crippen LogP contribution in [0.15, 0.2) is 39.7 Å². The lowest BCUT2D eigenvalue weighted by Crippen LogP contribution is -2.23. The molecule has 0 radical (unpaired) electrons. The molecule has 20 heavy (non-hydrogen) atoms. The molecule has 0 unspecified atom stereocenters. The molecule has 3 rings (SSSR count). The van der Waals surface area contributed by atoms with Crippen LogP contribution in [0.5, 0.6) is 0 Å². The maximum absolute atomic E-state index is 12.3. The van der Waals surface area contributed by atoms with E-state index in [-0.39, 0.29) is 17.9 Å². The number of aromatic nitrogens is 2. The summed E-state index contributed by atoms with van der Waals surface area (Å²) in [6.45, 7) is 1.90. The number of nitrogens with zero attached hydrogens (tertiary/aromatic N) is 1. The van der Waals surface area contributed by atoms with Crippen LogP contribution >= 0.6 is 0 Å². The Balaban J connectivity index is 2.06. The summed E-state index contributed by atoms with van der Waals surface area (Å²) in [6.07, 6.45) is 1.86. The van der Waals surface area contributed by atoms with E-state index in [1.54, 1.807) is 24.4 Å². The topological polar surface area (TPSA) is 94.0 Å². The predicted molar refractivity (Wildman–Crippen MR) is 74.7 cm³/mol. The van der Waals surface area contributed by atoms with Crippen LogP contribution in [0.3, 0.4) is 0 Å². The Morgan fingerprint density at radius 1 is 1.45 bits per heavy atom. The Bertz CT molecular complexity index is 854. The molecule has 0 aliphatic rings. The zero-order valence-corrected chi connectivity index (χ0v) is 10.8. The molecule has 0 aliphatic heterocycles. The molecule has 0 saturated carbocycles. The number of carbonyl (C=O) groups is 1. The summed E-state index contributed by atoms with van der Waals surface area (Å²) in [5.74, 6) is -1.06. The molecule has 0 aliphatic carbocycles. The van der Waals surface area contributed by atoms with Gasteiger partial charge in [-0.3, -0.25) is 4.79 Å². The number of para-hydroxylation sites is 1. The SMILES string of the molecule is Cc1cc(CC(=O)n2c(=O)oc3c(N)cccc32)c[nH]1. The van der Waals surface area contributed by atoms with E-state index in [0.29, 0.717) is 11.2 Å². The van der Waals surface area contributed by atoms with Crippen LogP contribution in [0, 0.1) is 6.92 Å². The van der Waals surface area contributed by atoms with Crippen molar-refractivity contribution in [3.8, 4) is 0 Å². The zero-order chi connectivity index (χ0) is 14.3. The lowest BCUT2D eigenvalue weighted by atomic mass is 10.2. The van der Waals surface area contributed by atoms with E-state index in [1.807, 2.05) is 13.0 Å². The van der Waals surface area contributed by atoms with Gasteiger partial charge in [-0.1, -0.05) is 6.07 Å². The maximum Gasteiger partial charge on any atom is 0.426 e. The number of aryl methyl sites for hydroxylation is 1. The van der Waals surface area contributed by atoms with E-state index in [0.717, 1.165) is 15.8 Å². The largest absolute Gasteiger partial charge is 0.426 e. The Hall–Kier alpha value is -2.76. The predicted octanol–water partition coefficient (Wildman–Crippen LogP) is 1.70. The van der Waals surface area contributed by atoms with E-state index >= 15 is 0 Å². The van der Waals surface area contributed by atoms with Gasteiger partial charge in [0.25, 0.3) is 0 Å². The van der Waals surface area contributed by atoms with Crippen LogP contribution in [0.25, 0.3) is 11.1 Å². The summed E-state index contributed by atoms with van der Waals surface area (Å²) < 4.78 is 6.07. The number of nitrogens with two attached hydrogens (primary N) is 1. The maximum atomic E-state index is 12.3. The molecule has 0 bridgehead atoms. The van der Waals surface area contributed by atoms with E-state index in [2.05, 4.69) is 4.98 Å². The molecule has 0 amide bonds. The number of hydrogen-bond donors (Lipinski definition) is 2. The number of hydrogen-bond acceptors (Lipinski definition) is 4. The molecule has 102 valence electrons. The van der Waals surface area contributed by atoms with Crippen LogP contribution in [0.1, 0.15) is 16.1 Å². The number of carbonyl (C=O) groups excluding carboxylic acids is 1. The number of rotatable bonds is 2. The van der Waals surface area contributed by atoms with Crippen LogP contribution in [0.4, 0.5) is 5.69 Å². The van der Waals surface area contributed by atoms with Crippen molar-refractivity contribution in [2.45, 2.75) is 13.3 Å². The van der Waals surface area contributed by atoms with Crippen molar-refractivity contribution >= 4 is 22.7 Å². The number of anilines is 1. The summed E-state index contributed by atoms with van der Waals surface area (Å²) in [5, 5.41) is 0. The van der Waals surface area contributed by atoms with Gasteiger partial charge in [0.2, 0.25) is 5.91 Å². The van der Waals surface area contributed by atoms with Gasteiger partial charge in [-0.2, -0.15) is 0 Å². The first-order chi connectivity index (χ1) is 9.56. The highest BCUT2D eigenvalue weighted by Gasteiger charge is 2.17. The molecule has 0 spiro atoms. The molecule has 2 aromatic heterocycles. The molecule has 1 aromatic carbocycles. The second-order valence-corrected chi connectivity index (χ2v) is 4.66. The van der Waals surface area contributed by atoms with E-state index in [1.165, 1.54) is 0 Å². The third kappa shape index (κ3) is 1.91. The van der Waals surface area contributed by atoms with E-state index in [9.17, 15) is 9.59 Å². The molecule has 0 fully saturated rings. The number of fused-ring (bicyclic) bond motifs is 1. The monoisotopic (exact) mass is 271 g/mol. The van der Waals surface area contributed by atoms with Gasteiger partial charge in [-0.15, -0.1) is 0 Å². The Morgan fingerprint density at radius 2 is 2.25 bits per heavy atom. The van der Waals surface area contributed by atoms with Crippen LogP contribution in [-0.2, 0) is 6.42 Å². The van der Waals surface area contributed by atoms with Crippen LogP contribution in [-0.4, -0.2) is 15.5 Å². The lowest BCUT2D eigenvalue weighted by Gasteiger charge is -2.00. The first-order valence-electron chi connectivity index (χ1n) is 6.13. The smallest absolute Gasteiger partial charge is 0.405 e. The van der Waals surface area contributed by atoms with Gasteiger partial charge in [-0.05, 0) is 30.7 Å². The first kappa shape index (κ1) is 12.3. The highest BCUT2D eigenvalue weighted by molar-refractivity contribution is 5.94. The Kier molecular flexibility index (Phi) is 2.71. The minimum absolute atomic E-state index is 0.119. The number of nitrogen functional groups attached to an aromatic ring is 1. The van der Waals surface area contributed by atoms with Crippen molar-refractivity contribution in [1.29, 1.82) is 0 Å². The third-order valence-corrected chi connectivity index (χ3v) is 3.13. The van der Waals surface area contributed by atoms with Crippen molar-refractivity contribution in [1.82, 2.24) is 9.55 Å². The summed E-state index contributed by atoms with van der Waals surface area (Å²) in [4.78, 5) is 27.1. The number of benzene rings is 1. The standard InChI is InChI=1S/C14H13N3O3/c1-8-5-9(7-16-8)6-12(18)17-11-4-2-3-10(15)13(11)20-14(17)19/h2-5,7,16H,6,15H2,1H3. The Labute approximate surface area is 113 Å². The van der Waals surface area contributed by atoms with E-state index in [4.69, 9.17) is 10.2 Å². The van der Waals surface area contributed by atoms with Crippen molar-refractivity contribution in [2.24, 2.45) is 0 Å². The average molecular weight is 271 g/mol. The summed E-state index contributed by atoms with van der Waals surface area (Å²) >= 11 is 0. The number of oxazole rings is 1. The van der Waals surface area contributed by atoms with Gasteiger partial charge in [0.1, 0.15) is 5.52 Å². The van der Waals surface area contributed by atoms with Crippen LogP contribution in [0.2, 0.25) is 0 Å². The highest BCUT2D eigenvalue weighted by Crippen LogP contribution is 2.19. The summed E-state index contributed by atoms with van der Waals surface area (Å²) in [7, 11) is 0. The molecule has 0 saturated heterocycles. The highest BCUT2D eigenvalue weighted by atomic mass is 16.4. The summed E-state index contributed by atoms with van der Waals surface area (Å²) in [5.41, 5.74) is 8.49. The van der Waals surface area contributed by atoms with Crippen molar-refractivity contribution in [2.75, 3.05) is 5.73 Å². The minimum atomic E-state index is -0.713. The van der Waals surface area contributed by atoms with Gasteiger partial charge in [0.05, 0.1) is 12.1 Å². The van der Waals surface area contributed by atoms with Crippen molar-refractivity contribution in [3.63, 3.8) is 0 Å². The lowest BCUT2D eigenvalue weighted by molar-refractivity contribution is 0.0910. The van der Waals surface area contributed by atoms with Gasteiger partial charge < -0.3 is 15.1 Å². The quantitative estimate of drug-likeness (QED) is 0.693. The molecule has 6 heteroatoms. The minimum Gasteiger partial charge on any atom is -0.405 e. The molecule has 3 aromatic rings. The van der Waals surface area contributed by atoms with Crippen molar-refractivity contribution in [3.05, 3.63) is 52.3 Å². The Morgan fingerprint density at radius 3 is 2.95 bits per heavy atom. The fraction of sp³-hybridized carbons (Fsp3) is 0.143. The zero-order valence-electron chi connectivity index (χ0n) is 10.8. The molecule has 2 heterocycles. The molecular formula is C14H13N3O3. The second kappa shape index (κ2) is 4.41. The fourth-order valence-electron chi connectivity index (χ4n) is 2.22. The van der Waals surface area contributed by atoms with Gasteiger partial charge >= 0.3 is 5.76 Å². The fourth-order valence-corrected chi connectivity index (χ4v) is 2.22. The second-order valence-electron chi connectivity index (χ2n) is 4.66.